The molecule has 17 heavy (non-hydrogen) atoms. The molecule has 0 spiro atoms. The largest absolute Gasteiger partial charge is 0.477 e. The van der Waals surface area contributed by atoms with Crippen LogP contribution in [0, 0.1) is 0 Å². The molecule has 9 heteroatoms. The Morgan fingerprint density at radius 1 is 1.35 bits per heavy atom. The maximum absolute atomic E-state index is 12.4. The SMILES string of the molecule is O=C(O)c1[nH]c(=O)cc(C(F)F)c1C(F)(F)F. The van der Waals surface area contributed by atoms with Crippen molar-refractivity contribution in [3.8, 4) is 0 Å². The number of H-pyrrole nitrogens is 1. The first-order chi connectivity index (χ1) is 7.64. The summed E-state index contributed by atoms with van der Waals surface area (Å²) < 4.78 is 62.0. The van der Waals surface area contributed by atoms with E-state index in [1.807, 2.05) is 0 Å². The Balaban J connectivity index is 3.72. The molecule has 0 aromatic carbocycles. The quantitative estimate of drug-likeness (QED) is 0.796. The lowest BCUT2D eigenvalue weighted by Crippen LogP contribution is -2.23. The Morgan fingerprint density at radius 2 is 1.88 bits per heavy atom. The molecule has 0 unspecified atom stereocenters. The number of carboxylic acids is 1. The van der Waals surface area contributed by atoms with E-state index in [4.69, 9.17) is 5.11 Å². The predicted octanol–water partition coefficient (Wildman–Crippen LogP) is 2.03. The van der Waals surface area contributed by atoms with E-state index in [0.29, 0.717) is 0 Å². The van der Waals surface area contributed by atoms with Gasteiger partial charge in [-0.2, -0.15) is 13.2 Å². The van der Waals surface area contributed by atoms with Crippen molar-refractivity contribution in [2.24, 2.45) is 0 Å². The third-order valence-corrected chi connectivity index (χ3v) is 1.81. The maximum atomic E-state index is 12.4. The van der Waals surface area contributed by atoms with E-state index in [1.165, 1.54) is 4.98 Å². The van der Waals surface area contributed by atoms with Crippen molar-refractivity contribution in [2.45, 2.75) is 12.6 Å². The molecule has 0 aliphatic rings. The van der Waals surface area contributed by atoms with Gasteiger partial charge in [0.05, 0.1) is 5.56 Å². The third-order valence-electron chi connectivity index (χ3n) is 1.81. The van der Waals surface area contributed by atoms with E-state index < -0.39 is 41.0 Å². The number of aromatic carboxylic acids is 1. The van der Waals surface area contributed by atoms with Crippen LogP contribution in [0.3, 0.4) is 0 Å². The summed E-state index contributed by atoms with van der Waals surface area (Å²) in [5, 5.41) is 8.44. The average molecular weight is 257 g/mol. The molecule has 0 aliphatic heterocycles. The molecule has 0 atom stereocenters. The minimum absolute atomic E-state index is 0.0277. The summed E-state index contributed by atoms with van der Waals surface area (Å²) in [4.78, 5) is 22.6. The second kappa shape index (κ2) is 4.15. The highest BCUT2D eigenvalue weighted by atomic mass is 19.4. The first-order valence-corrected chi connectivity index (χ1v) is 4.00. The summed E-state index contributed by atoms with van der Waals surface area (Å²) in [6.07, 6.45) is -8.91. The van der Waals surface area contributed by atoms with Crippen LogP contribution < -0.4 is 5.56 Å². The molecule has 0 aliphatic carbocycles. The molecule has 0 fully saturated rings. The van der Waals surface area contributed by atoms with Crippen LogP contribution in [0.2, 0.25) is 0 Å². The lowest BCUT2D eigenvalue weighted by atomic mass is 10.1. The molecule has 4 nitrogen and oxygen atoms in total. The van der Waals surface area contributed by atoms with Crippen molar-refractivity contribution in [1.29, 1.82) is 0 Å². The van der Waals surface area contributed by atoms with E-state index in [1.54, 1.807) is 0 Å². The lowest BCUT2D eigenvalue weighted by Gasteiger charge is -2.14. The summed E-state index contributed by atoms with van der Waals surface area (Å²) in [5.74, 6) is -2.14. The number of alkyl halides is 5. The second-order valence-corrected chi connectivity index (χ2v) is 2.94. The van der Waals surface area contributed by atoms with E-state index in [9.17, 15) is 31.5 Å². The van der Waals surface area contributed by atoms with Crippen LogP contribution >= 0.6 is 0 Å². The second-order valence-electron chi connectivity index (χ2n) is 2.94. The smallest absolute Gasteiger partial charge is 0.419 e. The number of aromatic amines is 1. The summed E-state index contributed by atoms with van der Waals surface area (Å²) in [5.41, 5.74) is -6.63. The van der Waals surface area contributed by atoms with Gasteiger partial charge in [0.1, 0.15) is 5.69 Å². The zero-order valence-electron chi connectivity index (χ0n) is 7.81. The van der Waals surface area contributed by atoms with Crippen molar-refractivity contribution in [2.75, 3.05) is 0 Å². The topological polar surface area (TPSA) is 70.2 Å². The highest BCUT2D eigenvalue weighted by molar-refractivity contribution is 5.87. The highest BCUT2D eigenvalue weighted by Crippen LogP contribution is 2.37. The van der Waals surface area contributed by atoms with Gasteiger partial charge in [0.25, 0.3) is 6.43 Å². The summed E-state index contributed by atoms with van der Waals surface area (Å²) in [6, 6.07) is 0.0277. The van der Waals surface area contributed by atoms with Gasteiger partial charge in [-0.15, -0.1) is 0 Å². The van der Waals surface area contributed by atoms with E-state index in [2.05, 4.69) is 0 Å². The molecule has 0 saturated heterocycles. The Kier molecular flexibility index (Phi) is 3.21. The fourth-order valence-electron chi connectivity index (χ4n) is 1.22. The zero-order chi connectivity index (χ0) is 13.4. The fourth-order valence-corrected chi connectivity index (χ4v) is 1.22. The van der Waals surface area contributed by atoms with Crippen LogP contribution in [0.4, 0.5) is 22.0 Å². The number of nitrogens with one attached hydrogen (secondary N) is 1. The first kappa shape index (κ1) is 13.1. The van der Waals surface area contributed by atoms with Crippen molar-refractivity contribution in [3.63, 3.8) is 0 Å². The van der Waals surface area contributed by atoms with E-state index >= 15 is 0 Å². The number of hydrogen-bond acceptors (Lipinski definition) is 2. The van der Waals surface area contributed by atoms with Crippen molar-refractivity contribution in [1.82, 2.24) is 4.98 Å². The number of halogens is 5. The Morgan fingerprint density at radius 3 is 2.24 bits per heavy atom. The minimum Gasteiger partial charge on any atom is -0.477 e. The Labute approximate surface area is 89.7 Å². The maximum Gasteiger partial charge on any atom is 0.419 e. The lowest BCUT2D eigenvalue weighted by molar-refractivity contribution is -0.140. The van der Waals surface area contributed by atoms with Gasteiger partial charge in [-0.05, 0) is 0 Å². The van der Waals surface area contributed by atoms with Crippen LogP contribution in [0.15, 0.2) is 10.9 Å². The molecule has 94 valence electrons. The van der Waals surface area contributed by atoms with Crippen LogP contribution in [0.5, 0.6) is 0 Å². The van der Waals surface area contributed by atoms with Crippen LogP contribution in [-0.2, 0) is 6.18 Å². The summed E-state index contributed by atoms with van der Waals surface area (Å²) in [7, 11) is 0. The van der Waals surface area contributed by atoms with Gasteiger partial charge >= 0.3 is 12.1 Å². The number of hydrogen-bond donors (Lipinski definition) is 2. The van der Waals surface area contributed by atoms with Crippen LogP contribution in [0.1, 0.15) is 28.0 Å². The molecule has 2 N–H and O–H groups in total. The number of carbonyl (C=O) groups is 1. The fraction of sp³-hybridized carbons (Fsp3) is 0.250. The molecule has 0 radical (unpaired) electrons. The molecular formula is C8H4F5NO3. The molecule has 1 aromatic heterocycles. The van der Waals surface area contributed by atoms with Crippen LogP contribution in [0.25, 0.3) is 0 Å². The van der Waals surface area contributed by atoms with Crippen molar-refractivity contribution in [3.05, 3.63) is 33.2 Å². The summed E-state index contributed by atoms with van der Waals surface area (Å²) >= 11 is 0. The number of aromatic nitrogens is 1. The predicted molar refractivity (Wildman–Crippen MR) is 44.0 cm³/mol. The van der Waals surface area contributed by atoms with Crippen molar-refractivity contribution < 1.29 is 31.9 Å². The monoisotopic (exact) mass is 257 g/mol. The normalized spacial score (nSPS) is 11.9. The number of carboxylic acid groups (broad SMARTS) is 1. The molecular weight excluding hydrogens is 253 g/mol. The average Bonchev–Trinajstić information content (AvgIpc) is 2.14. The number of pyridine rings is 1. The van der Waals surface area contributed by atoms with E-state index in [0.717, 1.165) is 0 Å². The molecule has 0 bridgehead atoms. The first-order valence-electron chi connectivity index (χ1n) is 4.00. The molecule has 1 rings (SSSR count). The highest BCUT2D eigenvalue weighted by Gasteiger charge is 2.41. The zero-order valence-corrected chi connectivity index (χ0v) is 7.81. The van der Waals surface area contributed by atoms with Gasteiger partial charge in [0.15, 0.2) is 0 Å². The molecule has 1 aromatic rings. The third kappa shape index (κ3) is 2.60. The van der Waals surface area contributed by atoms with Gasteiger partial charge in [0.2, 0.25) is 5.56 Å². The Bertz CT molecular complexity index is 505. The van der Waals surface area contributed by atoms with Gasteiger partial charge in [0, 0.05) is 11.6 Å². The number of rotatable bonds is 2. The van der Waals surface area contributed by atoms with Crippen LogP contribution in [-0.4, -0.2) is 16.1 Å². The Hall–Kier alpha value is -1.93. The van der Waals surface area contributed by atoms with Gasteiger partial charge in [-0.1, -0.05) is 0 Å². The molecule has 0 saturated carbocycles. The molecule has 0 amide bonds. The standard InChI is InChI=1S/C8H4F5NO3/c9-6(10)2-1-3(15)14-5(7(16)17)4(2)8(11,12)13/h1,6H,(H,14,15)(H,16,17). The van der Waals surface area contributed by atoms with E-state index in [-0.39, 0.29) is 6.07 Å². The molecule has 1 heterocycles. The van der Waals surface area contributed by atoms with Gasteiger partial charge < -0.3 is 10.1 Å². The van der Waals surface area contributed by atoms with Gasteiger partial charge in [-0.3, -0.25) is 4.79 Å². The summed E-state index contributed by atoms with van der Waals surface area (Å²) in [6.45, 7) is 0. The van der Waals surface area contributed by atoms with Gasteiger partial charge in [-0.25, -0.2) is 13.6 Å². The van der Waals surface area contributed by atoms with Crippen molar-refractivity contribution >= 4 is 5.97 Å². The minimum atomic E-state index is -5.30.